The Bertz CT molecular complexity index is 560. The molecule has 0 bridgehead atoms. The van der Waals surface area contributed by atoms with Crippen molar-refractivity contribution >= 4 is 39.8 Å². The van der Waals surface area contributed by atoms with E-state index in [0.29, 0.717) is 19.0 Å². The molecule has 0 spiro atoms. The zero-order chi connectivity index (χ0) is 16.4. The summed E-state index contributed by atoms with van der Waals surface area (Å²) < 4.78 is 24.1. The summed E-state index contributed by atoms with van der Waals surface area (Å²) >= 11 is 0. The number of sulfone groups is 1. The van der Waals surface area contributed by atoms with Crippen LogP contribution in [-0.4, -0.2) is 39.3 Å². The van der Waals surface area contributed by atoms with Crippen molar-refractivity contribution in [3.05, 3.63) is 35.9 Å². The van der Waals surface area contributed by atoms with Gasteiger partial charge in [-0.25, -0.2) is 8.42 Å². The maximum absolute atomic E-state index is 12.1. The fourth-order valence-corrected chi connectivity index (χ4v) is 3.38. The normalized spacial score (nSPS) is 11.9. The molecule has 0 aliphatic carbocycles. The Morgan fingerprint density at radius 1 is 1.22 bits per heavy atom. The summed E-state index contributed by atoms with van der Waals surface area (Å²) in [5.41, 5.74) is 0.834. The van der Waals surface area contributed by atoms with Crippen molar-refractivity contribution < 1.29 is 8.42 Å². The number of guanidine groups is 1. The molecule has 0 aliphatic rings. The summed E-state index contributed by atoms with van der Waals surface area (Å²) in [6.45, 7) is 7.36. The van der Waals surface area contributed by atoms with Crippen LogP contribution in [0.5, 0.6) is 0 Å². The zero-order valence-corrected chi connectivity index (χ0v) is 17.2. The molecule has 0 saturated carbocycles. The van der Waals surface area contributed by atoms with Gasteiger partial charge in [0.1, 0.15) is 0 Å². The Balaban J connectivity index is 0.00000484. The first-order valence-electron chi connectivity index (χ1n) is 7.72. The zero-order valence-electron chi connectivity index (χ0n) is 14.1. The first-order valence-corrected chi connectivity index (χ1v) is 9.54. The van der Waals surface area contributed by atoms with Crippen LogP contribution in [0.25, 0.3) is 0 Å². The monoisotopic (exact) mass is 453 g/mol. The average Bonchev–Trinajstić information content (AvgIpc) is 2.44. The minimum Gasteiger partial charge on any atom is -0.357 e. The molecule has 2 N–H and O–H groups in total. The van der Waals surface area contributed by atoms with Crippen LogP contribution in [0.15, 0.2) is 35.3 Å². The van der Waals surface area contributed by atoms with Gasteiger partial charge in [-0.3, -0.25) is 4.99 Å². The molecule has 23 heavy (non-hydrogen) atoms. The molecule has 0 aromatic heterocycles. The Kier molecular flexibility index (Phi) is 11.2. The molecule has 0 atom stereocenters. The van der Waals surface area contributed by atoms with E-state index in [9.17, 15) is 8.42 Å². The van der Waals surface area contributed by atoms with Crippen LogP contribution >= 0.6 is 24.0 Å². The molecular weight excluding hydrogens is 425 g/mol. The Morgan fingerprint density at radius 2 is 1.87 bits per heavy atom. The first kappa shape index (κ1) is 22.2. The summed E-state index contributed by atoms with van der Waals surface area (Å²) in [4.78, 5) is 4.39. The lowest BCUT2D eigenvalue weighted by molar-refractivity contribution is 0.592. The minimum atomic E-state index is -3.08. The van der Waals surface area contributed by atoms with Crippen molar-refractivity contribution in [1.29, 1.82) is 0 Å². The highest BCUT2D eigenvalue weighted by Gasteiger charge is 2.11. The number of nitrogens with zero attached hydrogens (tertiary/aromatic N) is 1. The molecule has 0 unspecified atom stereocenters. The molecule has 1 rings (SSSR count). The van der Waals surface area contributed by atoms with Crippen molar-refractivity contribution in [2.75, 3.05) is 18.8 Å². The Labute approximate surface area is 157 Å². The molecule has 5 nitrogen and oxygen atoms in total. The molecule has 0 amide bonds. The predicted molar refractivity (Wildman–Crippen MR) is 108 cm³/mol. The smallest absolute Gasteiger partial charge is 0.191 e. The lowest BCUT2D eigenvalue weighted by atomic mass is 10.2. The quantitative estimate of drug-likeness (QED) is 0.275. The largest absolute Gasteiger partial charge is 0.357 e. The third-order valence-corrected chi connectivity index (χ3v) is 4.57. The van der Waals surface area contributed by atoms with Crippen LogP contribution in [0.1, 0.15) is 32.8 Å². The van der Waals surface area contributed by atoms with Gasteiger partial charge in [-0.15, -0.1) is 24.0 Å². The fraction of sp³-hybridized carbons (Fsp3) is 0.562. The van der Waals surface area contributed by atoms with Crippen molar-refractivity contribution in [1.82, 2.24) is 10.6 Å². The summed E-state index contributed by atoms with van der Waals surface area (Å²) in [7, 11) is -3.08. The van der Waals surface area contributed by atoms with E-state index in [0.717, 1.165) is 18.1 Å². The number of aliphatic imine (C=N–C) groups is 1. The second-order valence-corrected chi connectivity index (χ2v) is 7.67. The lowest BCUT2D eigenvalue weighted by Gasteiger charge is -2.13. The minimum absolute atomic E-state index is 0. The van der Waals surface area contributed by atoms with Gasteiger partial charge in [0.2, 0.25) is 0 Å². The van der Waals surface area contributed by atoms with E-state index in [4.69, 9.17) is 0 Å². The molecule has 0 fully saturated rings. The van der Waals surface area contributed by atoms with E-state index in [2.05, 4.69) is 15.6 Å². The molecule has 0 saturated heterocycles. The molecule has 0 aliphatic heterocycles. The van der Waals surface area contributed by atoms with Gasteiger partial charge in [-0.1, -0.05) is 30.3 Å². The highest BCUT2D eigenvalue weighted by Crippen LogP contribution is 2.07. The van der Waals surface area contributed by atoms with E-state index < -0.39 is 9.84 Å². The highest BCUT2D eigenvalue weighted by molar-refractivity contribution is 14.0. The summed E-state index contributed by atoms with van der Waals surface area (Å²) in [6.07, 6.45) is 0.532. The molecule has 1 aromatic carbocycles. The van der Waals surface area contributed by atoms with Gasteiger partial charge in [0.05, 0.1) is 11.5 Å². The van der Waals surface area contributed by atoms with Gasteiger partial charge in [-0.05, 0) is 32.8 Å². The van der Waals surface area contributed by atoms with E-state index in [1.165, 1.54) is 0 Å². The van der Waals surface area contributed by atoms with E-state index in [1.807, 2.05) is 51.1 Å². The standard InChI is InChI=1S/C16H27N3O2S.HI/c1-4-17-16(19-14(2)3)18-11-8-12-22(20,21)13-15-9-6-5-7-10-15;/h5-7,9-10,14H,4,8,11-13H2,1-3H3,(H2,17,18,19);1H. The number of benzene rings is 1. The summed E-state index contributed by atoms with van der Waals surface area (Å²) in [5.74, 6) is 0.992. The van der Waals surface area contributed by atoms with Crippen LogP contribution < -0.4 is 10.6 Å². The Morgan fingerprint density at radius 3 is 2.43 bits per heavy atom. The third-order valence-electron chi connectivity index (χ3n) is 2.88. The number of rotatable bonds is 8. The number of halogens is 1. The number of hydrogen-bond donors (Lipinski definition) is 2. The second-order valence-electron chi connectivity index (χ2n) is 5.49. The third kappa shape index (κ3) is 10.5. The highest BCUT2D eigenvalue weighted by atomic mass is 127. The van der Waals surface area contributed by atoms with E-state index in [-0.39, 0.29) is 35.5 Å². The molecule has 7 heteroatoms. The molecular formula is C16H28IN3O2S. The number of hydrogen-bond acceptors (Lipinski definition) is 3. The van der Waals surface area contributed by atoms with Gasteiger partial charge in [0.15, 0.2) is 15.8 Å². The average molecular weight is 453 g/mol. The summed E-state index contributed by atoms with van der Waals surface area (Å²) in [6, 6.07) is 9.57. The van der Waals surface area contributed by atoms with Crippen LogP contribution in [0.4, 0.5) is 0 Å². The van der Waals surface area contributed by atoms with Crippen LogP contribution in [0.3, 0.4) is 0 Å². The maximum atomic E-state index is 12.1. The van der Waals surface area contributed by atoms with Crippen molar-refractivity contribution in [3.63, 3.8) is 0 Å². The van der Waals surface area contributed by atoms with Gasteiger partial charge >= 0.3 is 0 Å². The predicted octanol–water partition coefficient (Wildman–Crippen LogP) is 2.57. The molecule has 0 radical (unpaired) electrons. The second kappa shape index (κ2) is 11.7. The molecule has 1 aromatic rings. The summed E-state index contributed by atoms with van der Waals surface area (Å²) in [5, 5.41) is 6.35. The van der Waals surface area contributed by atoms with Crippen LogP contribution in [0.2, 0.25) is 0 Å². The van der Waals surface area contributed by atoms with Gasteiger partial charge in [0, 0.05) is 19.1 Å². The van der Waals surface area contributed by atoms with Crippen LogP contribution in [-0.2, 0) is 15.6 Å². The van der Waals surface area contributed by atoms with Crippen molar-refractivity contribution in [2.24, 2.45) is 4.99 Å². The SMILES string of the molecule is CCNC(=NCCCS(=O)(=O)Cc1ccccc1)NC(C)C.I. The fourth-order valence-electron chi connectivity index (χ4n) is 1.97. The van der Waals surface area contributed by atoms with E-state index in [1.54, 1.807) is 0 Å². The maximum Gasteiger partial charge on any atom is 0.191 e. The van der Waals surface area contributed by atoms with Gasteiger partial charge < -0.3 is 10.6 Å². The van der Waals surface area contributed by atoms with Gasteiger partial charge in [-0.2, -0.15) is 0 Å². The van der Waals surface area contributed by atoms with Crippen molar-refractivity contribution in [3.8, 4) is 0 Å². The Hall–Kier alpha value is -0.830. The lowest BCUT2D eigenvalue weighted by Crippen LogP contribution is -2.41. The van der Waals surface area contributed by atoms with Crippen LogP contribution in [0, 0.1) is 0 Å². The van der Waals surface area contributed by atoms with E-state index >= 15 is 0 Å². The topological polar surface area (TPSA) is 70.6 Å². The van der Waals surface area contributed by atoms with Gasteiger partial charge in [0.25, 0.3) is 0 Å². The molecule has 0 heterocycles. The number of nitrogens with one attached hydrogen (secondary N) is 2. The van der Waals surface area contributed by atoms with Crippen molar-refractivity contribution in [2.45, 2.75) is 39.0 Å². The molecule has 132 valence electrons. The first-order chi connectivity index (χ1) is 10.4.